The van der Waals surface area contributed by atoms with Gasteiger partial charge in [0, 0.05) is 23.4 Å². The van der Waals surface area contributed by atoms with Gasteiger partial charge < -0.3 is 0 Å². The molecule has 212 valence electrons. The van der Waals surface area contributed by atoms with E-state index < -0.39 is 0 Å². The summed E-state index contributed by atoms with van der Waals surface area (Å²) in [7, 11) is 0. The van der Waals surface area contributed by atoms with Gasteiger partial charge in [-0.2, -0.15) is 0 Å². The van der Waals surface area contributed by atoms with Crippen LogP contribution < -0.4 is 0 Å². The molecule has 1 nitrogen and oxygen atoms in total. The minimum absolute atomic E-state index is 0.0258. The number of pyridine rings is 1. The summed E-state index contributed by atoms with van der Waals surface area (Å²) in [5, 5.41) is 7.50. The molecule has 1 aliphatic rings. The number of aromatic nitrogens is 1. The van der Waals surface area contributed by atoms with Gasteiger partial charge in [-0.25, -0.2) is 0 Å². The largest absolute Gasteiger partial charge is 0.264 e. The molecule has 0 N–H and O–H groups in total. The molecule has 0 radical (unpaired) electrons. The number of hydrogen-bond acceptors (Lipinski definition) is 1. The first-order valence-electron chi connectivity index (χ1n) is 15.7. The van der Waals surface area contributed by atoms with Crippen LogP contribution in [-0.2, 0) is 5.41 Å². The second-order valence-electron chi connectivity index (χ2n) is 12.8. The highest BCUT2D eigenvalue weighted by Gasteiger charge is 2.35. The maximum absolute atomic E-state index is 4.52. The topological polar surface area (TPSA) is 12.9 Å². The normalized spacial score (nSPS) is 13.3. The Morgan fingerprint density at radius 2 is 1.07 bits per heavy atom. The molecule has 0 amide bonds. The van der Waals surface area contributed by atoms with Crippen molar-refractivity contribution in [3.8, 4) is 44.5 Å². The molecule has 0 bridgehead atoms. The molecule has 1 aliphatic carbocycles. The van der Waals surface area contributed by atoms with Crippen molar-refractivity contribution in [3.05, 3.63) is 163 Å². The molecule has 0 saturated heterocycles. The number of rotatable bonds is 3. The van der Waals surface area contributed by atoms with Crippen LogP contribution in [0, 0.1) is 0 Å². The SMILES string of the molecule is CC1(C)c2ccccc2-c2cc(-c3c4ccccc4c(-c4cccnc4)c4ccc(-c5ccc6ccccc6c5)cc34)ccc21. The third kappa shape index (κ3) is 3.90. The van der Waals surface area contributed by atoms with Crippen molar-refractivity contribution in [1.29, 1.82) is 0 Å². The maximum atomic E-state index is 4.52. The van der Waals surface area contributed by atoms with Crippen LogP contribution in [0.4, 0.5) is 0 Å². The summed E-state index contributed by atoms with van der Waals surface area (Å²) in [6.07, 6.45) is 3.84. The lowest BCUT2D eigenvalue weighted by molar-refractivity contribution is 0.660. The highest BCUT2D eigenvalue weighted by Crippen LogP contribution is 2.51. The van der Waals surface area contributed by atoms with E-state index in [0.29, 0.717) is 0 Å². The van der Waals surface area contributed by atoms with Crippen LogP contribution >= 0.6 is 0 Å². The number of fused-ring (bicyclic) bond motifs is 6. The van der Waals surface area contributed by atoms with Gasteiger partial charge in [0.25, 0.3) is 0 Å². The summed E-state index contributed by atoms with van der Waals surface area (Å²) in [5.74, 6) is 0. The minimum atomic E-state index is -0.0258. The summed E-state index contributed by atoms with van der Waals surface area (Å²) in [6.45, 7) is 4.70. The van der Waals surface area contributed by atoms with Gasteiger partial charge in [-0.05, 0) is 107 Å². The van der Waals surface area contributed by atoms with Gasteiger partial charge in [-0.15, -0.1) is 0 Å². The molecule has 0 saturated carbocycles. The van der Waals surface area contributed by atoms with E-state index in [2.05, 4.69) is 152 Å². The molecule has 8 aromatic rings. The van der Waals surface area contributed by atoms with Gasteiger partial charge in [-0.1, -0.05) is 129 Å². The quantitative estimate of drug-likeness (QED) is 0.192. The third-order valence-electron chi connectivity index (χ3n) is 9.93. The van der Waals surface area contributed by atoms with Crippen molar-refractivity contribution in [2.75, 3.05) is 0 Å². The number of nitrogens with zero attached hydrogens (tertiary/aromatic N) is 1. The molecular weight excluding hydrogens is 542 g/mol. The summed E-state index contributed by atoms with van der Waals surface area (Å²) in [6, 6.07) is 51.6. The van der Waals surface area contributed by atoms with Crippen molar-refractivity contribution in [2.24, 2.45) is 0 Å². The van der Waals surface area contributed by atoms with E-state index in [9.17, 15) is 0 Å². The Hall–Kier alpha value is -5.53. The van der Waals surface area contributed by atoms with Crippen LogP contribution in [0.1, 0.15) is 25.0 Å². The molecule has 1 aromatic heterocycles. The van der Waals surface area contributed by atoms with E-state index in [4.69, 9.17) is 0 Å². The molecule has 7 aromatic carbocycles. The van der Waals surface area contributed by atoms with Crippen molar-refractivity contribution in [2.45, 2.75) is 19.3 Å². The minimum Gasteiger partial charge on any atom is -0.264 e. The Morgan fingerprint density at radius 3 is 1.89 bits per heavy atom. The average Bonchev–Trinajstić information content (AvgIpc) is 3.32. The Balaban J connectivity index is 1.38. The molecular formula is C44H31N. The first-order chi connectivity index (χ1) is 22.1. The lowest BCUT2D eigenvalue weighted by Gasteiger charge is -2.22. The smallest absolute Gasteiger partial charge is 0.0346 e. The van der Waals surface area contributed by atoms with E-state index in [1.54, 1.807) is 0 Å². The first-order valence-corrected chi connectivity index (χ1v) is 15.7. The van der Waals surface area contributed by atoms with Crippen molar-refractivity contribution >= 4 is 32.3 Å². The number of hydrogen-bond donors (Lipinski definition) is 0. The van der Waals surface area contributed by atoms with E-state index in [1.807, 2.05) is 18.5 Å². The van der Waals surface area contributed by atoms with Gasteiger partial charge in [0.1, 0.15) is 0 Å². The van der Waals surface area contributed by atoms with E-state index in [-0.39, 0.29) is 5.41 Å². The molecule has 0 fully saturated rings. The van der Waals surface area contributed by atoms with Crippen molar-refractivity contribution < 1.29 is 0 Å². The van der Waals surface area contributed by atoms with Gasteiger partial charge >= 0.3 is 0 Å². The molecule has 1 heteroatoms. The predicted molar refractivity (Wildman–Crippen MR) is 191 cm³/mol. The summed E-state index contributed by atoms with van der Waals surface area (Å²) in [5.41, 5.74) is 12.8. The summed E-state index contributed by atoms with van der Waals surface area (Å²) < 4.78 is 0. The second-order valence-corrected chi connectivity index (χ2v) is 12.8. The third-order valence-corrected chi connectivity index (χ3v) is 9.93. The molecule has 0 spiro atoms. The van der Waals surface area contributed by atoms with Crippen LogP contribution in [0.15, 0.2) is 152 Å². The van der Waals surface area contributed by atoms with Gasteiger partial charge in [-0.3, -0.25) is 4.98 Å². The fourth-order valence-electron chi connectivity index (χ4n) is 7.74. The molecule has 45 heavy (non-hydrogen) atoms. The van der Waals surface area contributed by atoms with E-state index >= 15 is 0 Å². The molecule has 0 unspecified atom stereocenters. The highest BCUT2D eigenvalue weighted by atomic mass is 14.6. The van der Waals surface area contributed by atoms with Crippen molar-refractivity contribution in [1.82, 2.24) is 4.98 Å². The second kappa shape index (κ2) is 9.74. The zero-order valence-electron chi connectivity index (χ0n) is 25.4. The summed E-state index contributed by atoms with van der Waals surface area (Å²) >= 11 is 0. The first kappa shape index (κ1) is 25.9. The standard InChI is InChI=1S/C44H31N/c1-44(2)40-16-8-7-13-34(40)38-26-32(20-22-41(38)44)42-35-14-5-6-15-36(35)43(33-12-9-23-45-27-33)37-21-19-31(25-39(37)42)30-18-17-28-10-3-4-11-29(28)24-30/h3-27H,1-2H3. The van der Waals surface area contributed by atoms with Crippen LogP contribution in [-0.4, -0.2) is 4.98 Å². The van der Waals surface area contributed by atoms with Gasteiger partial charge in [0.15, 0.2) is 0 Å². The van der Waals surface area contributed by atoms with Crippen LogP contribution in [0.5, 0.6) is 0 Å². The molecule has 9 rings (SSSR count). The molecule has 0 atom stereocenters. The lowest BCUT2D eigenvalue weighted by atomic mass is 9.81. The Bertz CT molecular complexity index is 2450. The van der Waals surface area contributed by atoms with Gasteiger partial charge in [0.05, 0.1) is 0 Å². The lowest BCUT2D eigenvalue weighted by Crippen LogP contribution is -2.14. The molecule has 0 aliphatic heterocycles. The Labute approximate surface area is 263 Å². The van der Waals surface area contributed by atoms with Crippen LogP contribution in [0.2, 0.25) is 0 Å². The van der Waals surface area contributed by atoms with Crippen LogP contribution in [0.3, 0.4) is 0 Å². The fraction of sp³-hybridized carbons (Fsp3) is 0.0682. The van der Waals surface area contributed by atoms with E-state index in [1.165, 1.54) is 82.4 Å². The highest BCUT2D eigenvalue weighted by molar-refractivity contribution is 6.22. The Kier molecular flexibility index (Phi) is 5.61. The predicted octanol–water partition coefficient (Wildman–Crippen LogP) is 11.8. The average molecular weight is 574 g/mol. The monoisotopic (exact) mass is 573 g/mol. The Morgan fingerprint density at radius 1 is 0.422 bits per heavy atom. The fourth-order valence-corrected chi connectivity index (χ4v) is 7.74. The van der Waals surface area contributed by atoms with Gasteiger partial charge in [0.2, 0.25) is 0 Å². The van der Waals surface area contributed by atoms with E-state index in [0.717, 1.165) is 5.56 Å². The van der Waals surface area contributed by atoms with Crippen LogP contribution in [0.25, 0.3) is 76.8 Å². The number of benzene rings is 7. The van der Waals surface area contributed by atoms with Crippen molar-refractivity contribution in [3.63, 3.8) is 0 Å². The zero-order chi connectivity index (χ0) is 30.1. The summed E-state index contributed by atoms with van der Waals surface area (Å²) in [4.78, 5) is 4.52. The zero-order valence-corrected chi connectivity index (χ0v) is 25.4. The molecule has 1 heterocycles. The maximum Gasteiger partial charge on any atom is 0.0346 e.